The highest BCUT2D eigenvalue weighted by Gasteiger charge is 2.21. The van der Waals surface area contributed by atoms with Crippen LogP contribution in [0.4, 0.5) is 0 Å². The second-order valence-corrected chi connectivity index (χ2v) is 14.2. The third kappa shape index (κ3) is 5.46. The summed E-state index contributed by atoms with van der Waals surface area (Å²) in [5.74, 6) is 2.24. The zero-order chi connectivity index (χ0) is 33.7. The molecule has 0 radical (unpaired) electrons. The van der Waals surface area contributed by atoms with Gasteiger partial charge in [-0.3, -0.25) is 4.57 Å². The fourth-order valence-corrected chi connectivity index (χ4v) is 8.04. The molecule has 0 aliphatic rings. The summed E-state index contributed by atoms with van der Waals surface area (Å²) < 4.78 is 37.0. The molecule has 49 heavy (non-hydrogen) atoms. The molecule has 0 spiro atoms. The maximum absolute atomic E-state index is 13.3. The number of rotatable bonds is 7. The van der Waals surface area contributed by atoms with Gasteiger partial charge in [0.05, 0.1) is 32.7 Å². The lowest BCUT2D eigenvalue weighted by molar-refractivity contribution is 0.483. The van der Waals surface area contributed by atoms with Crippen molar-refractivity contribution in [1.82, 2.24) is 19.3 Å². The van der Waals surface area contributed by atoms with Gasteiger partial charge in [-0.2, -0.15) is 5.10 Å². The normalized spacial score (nSPS) is 11.7. The third-order valence-corrected chi connectivity index (χ3v) is 10.6. The molecular weight excluding hydrogens is 629 g/mol. The molecule has 7 nitrogen and oxygen atoms in total. The summed E-state index contributed by atoms with van der Waals surface area (Å²) in [5, 5.41) is 6.94. The number of para-hydroxylation sites is 1. The molecule has 8 aromatic rings. The van der Waals surface area contributed by atoms with E-state index in [-0.39, 0.29) is 9.79 Å². The molecule has 0 saturated heterocycles. The Kier molecular flexibility index (Phi) is 7.38. The van der Waals surface area contributed by atoms with Gasteiger partial charge in [-0.05, 0) is 110 Å². The molecule has 8 rings (SSSR count). The molecule has 3 heterocycles. The highest BCUT2D eigenvalue weighted by molar-refractivity contribution is 7.91. The summed E-state index contributed by atoms with van der Waals surface area (Å²) in [5.41, 5.74) is 7.65. The molecule has 0 amide bonds. The van der Waals surface area contributed by atoms with Crippen molar-refractivity contribution >= 4 is 31.6 Å². The van der Waals surface area contributed by atoms with E-state index in [0.29, 0.717) is 11.5 Å². The number of pyridine rings is 1. The van der Waals surface area contributed by atoms with E-state index < -0.39 is 9.84 Å². The van der Waals surface area contributed by atoms with Crippen molar-refractivity contribution in [2.45, 2.75) is 30.6 Å². The van der Waals surface area contributed by atoms with Gasteiger partial charge in [0.25, 0.3) is 0 Å². The van der Waals surface area contributed by atoms with E-state index in [4.69, 9.17) is 4.74 Å². The summed E-state index contributed by atoms with van der Waals surface area (Å²) >= 11 is 0. The van der Waals surface area contributed by atoms with Gasteiger partial charge in [-0.25, -0.2) is 18.1 Å². The molecule has 0 unspecified atom stereocenters. The van der Waals surface area contributed by atoms with E-state index in [2.05, 4.69) is 58.0 Å². The van der Waals surface area contributed by atoms with Gasteiger partial charge in [0, 0.05) is 40.9 Å². The fourth-order valence-electron chi connectivity index (χ4n) is 6.59. The van der Waals surface area contributed by atoms with Crippen molar-refractivity contribution in [2.75, 3.05) is 0 Å². The van der Waals surface area contributed by atoms with E-state index in [1.807, 2.05) is 74.8 Å². The lowest BCUT2D eigenvalue weighted by atomic mass is 9.98. The minimum atomic E-state index is -3.63. The van der Waals surface area contributed by atoms with Crippen LogP contribution in [0.15, 0.2) is 150 Å². The molecule has 0 atom stereocenters. The summed E-state index contributed by atoms with van der Waals surface area (Å²) in [6, 6.07) is 38.4. The van der Waals surface area contributed by atoms with Crippen molar-refractivity contribution in [3.05, 3.63) is 157 Å². The summed E-state index contributed by atoms with van der Waals surface area (Å²) in [6.07, 6.45) is 5.60. The summed E-state index contributed by atoms with van der Waals surface area (Å²) in [7, 11) is -3.63. The minimum Gasteiger partial charge on any atom is -0.457 e. The van der Waals surface area contributed by atoms with Crippen molar-refractivity contribution in [1.29, 1.82) is 0 Å². The molecular formula is C41H32N4O3S. The molecule has 8 heteroatoms. The van der Waals surface area contributed by atoms with Crippen molar-refractivity contribution in [3.63, 3.8) is 0 Å². The number of ether oxygens (including phenoxy) is 1. The van der Waals surface area contributed by atoms with Gasteiger partial charge in [-0.15, -0.1) is 0 Å². The predicted octanol–water partition coefficient (Wildman–Crippen LogP) is 9.58. The second kappa shape index (κ2) is 11.9. The third-order valence-electron chi connectivity index (χ3n) is 8.83. The summed E-state index contributed by atoms with van der Waals surface area (Å²) in [4.78, 5) is 5.25. The second-order valence-electron chi connectivity index (χ2n) is 12.2. The molecule has 0 saturated carbocycles. The maximum atomic E-state index is 13.3. The molecule has 0 aliphatic carbocycles. The number of nitrogens with zero attached hydrogens (tertiary/aromatic N) is 4. The van der Waals surface area contributed by atoms with Crippen molar-refractivity contribution in [2.24, 2.45) is 0 Å². The van der Waals surface area contributed by atoms with Crippen LogP contribution in [0, 0.1) is 20.8 Å². The van der Waals surface area contributed by atoms with Crippen LogP contribution < -0.4 is 4.74 Å². The van der Waals surface area contributed by atoms with E-state index in [0.717, 1.165) is 61.1 Å². The molecule has 3 aromatic heterocycles. The number of hydrogen-bond acceptors (Lipinski definition) is 5. The Labute approximate surface area is 284 Å². The first-order valence-electron chi connectivity index (χ1n) is 16.0. The number of sulfone groups is 1. The lowest BCUT2D eigenvalue weighted by Crippen LogP contribution is -2.03. The van der Waals surface area contributed by atoms with Gasteiger partial charge < -0.3 is 4.74 Å². The average Bonchev–Trinajstić information content (AvgIpc) is 3.72. The largest absolute Gasteiger partial charge is 0.457 e. The van der Waals surface area contributed by atoms with Crippen LogP contribution in [0.3, 0.4) is 0 Å². The van der Waals surface area contributed by atoms with E-state index >= 15 is 0 Å². The van der Waals surface area contributed by atoms with Crippen molar-refractivity contribution < 1.29 is 13.2 Å². The van der Waals surface area contributed by atoms with Crippen LogP contribution in [0.1, 0.15) is 16.7 Å². The van der Waals surface area contributed by atoms with Crippen LogP contribution in [0.2, 0.25) is 0 Å². The van der Waals surface area contributed by atoms with E-state index in [1.54, 1.807) is 47.3 Å². The van der Waals surface area contributed by atoms with Gasteiger partial charge in [-0.1, -0.05) is 42.5 Å². The Morgan fingerprint density at radius 1 is 0.653 bits per heavy atom. The molecule has 0 N–H and O–H groups in total. The highest BCUT2D eigenvalue weighted by Crippen LogP contribution is 2.36. The number of aryl methyl sites for hydroxylation is 3. The zero-order valence-corrected chi connectivity index (χ0v) is 28.0. The Morgan fingerprint density at radius 2 is 1.39 bits per heavy atom. The SMILES string of the molecule is Cc1ccnc(-n2c3ccccc3c3ccc(Oc4cccc(-n5cc(-c6c(C)cc(S(=O)(=O)c7ccccc7)cc6C)cn5)c4)cc32)c1. The Balaban J connectivity index is 1.10. The quantitative estimate of drug-likeness (QED) is 0.170. The summed E-state index contributed by atoms with van der Waals surface area (Å²) in [6.45, 7) is 5.94. The average molecular weight is 661 g/mol. The Bertz CT molecular complexity index is 2620. The maximum Gasteiger partial charge on any atom is 0.206 e. The first kappa shape index (κ1) is 30.4. The van der Waals surface area contributed by atoms with Gasteiger partial charge in [0.15, 0.2) is 0 Å². The number of aromatic nitrogens is 4. The number of hydrogen-bond donors (Lipinski definition) is 0. The number of fused-ring (bicyclic) bond motifs is 3. The number of benzene rings is 5. The smallest absolute Gasteiger partial charge is 0.206 e. The van der Waals surface area contributed by atoms with E-state index in [9.17, 15) is 8.42 Å². The predicted molar refractivity (Wildman–Crippen MR) is 194 cm³/mol. The fraction of sp³-hybridized carbons (Fsp3) is 0.0732. The monoisotopic (exact) mass is 660 g/mol. The van der Waals surface area contributed by atoms with Crippen LogP contribution >= 0.6 is 0 Å². The minimum absolute atomic E-state index is 0.280. The topological polar surface area (TPSA) is 79.0 Å². The highest BCUT2D eigenvalue weighted by atomic mass is 32.2. The Hall–Kier alpha value is -5.99. The molecule has 5 aromatic carbocycles. The van der Waals surface area contributed by atoms with Crippen LogP contribution in [-0.4, -0.2) is 27.7 Å². The van der Waals surface area contributed by atoms with Gasteiger partial charge in [0.2, 0.25) is 9.84 Å². The van der Waals surface area contributed by atoms with Crippen LogP contribution in [0.5, 0.6) is 11.5 Å². The first-order valence-corrected chi connectivity index (χ1v) is 17.5. The molecule has 0 bridgehead atoms. The molecule has 0 fully saturated rings. The molecule has 0 aliphatic heterocycles. The molecule has 240 valence electrons. The van der Waals surface area contributed by atoms with Gasteiger partial charge in [0.1, 0.15) is 17.3 Å². The Morgan fingerprint density at radius 3 is 2.18 bits per heavy atom. The van der Waals surface area contributed by atoms with Crippen LogP contribution in [-0.2, 0) is 9.84 Å². The van der Waals surface area contributed by atoms with Crippen molar-refractivity contribution in [3.8, 4) is 34.1 Å². The van der Waals surface area contributed by atoms with Gasteiger partial charge >= 0.3 is 0 Å². The standard InChI is InChI=1S/C41H32N4O3S/c1-27-18-19-42-40(20-27)45-38-15-8-7-14-36(38)37-17-16-33(24-39(37)45)48-32-11-9-10-31(23-32)44-26-30(25-43-44)41-28(2)21-35(22-29(41)3)49(46,47)34-12-5-4-6-13-34/h4-26H,1-3H3. The van der Waals surface area contributed by atoms with Crippen LogP contribution in [0.25, 0.3) is 44.4 Å². The zero-order valence-electron chi connectivity index (χ0n) is 27.2. The first-order chi connectivity index (χ1) is 23.8. The lowest BCUT2D eigenvalue weighted by Gasteiger charge is -2.12. The van der Waals surface area contributed by atoms with E-state index in [1.165, 1.54) is 0 Å².